The second kappa shape index (κ2) is 7.81. The highest BCUT2D eigenvalue weighted by Gasteiger charge is 2.42. The normalized spacial score (nSPS) is 23.9. The van der Waals surface area contributed by atoms with Crippen LogP contribution >= 0.6 is 11.8 Å². The minimum atomic E-state index is -0.268. The summed E-state index contributed by atoms with van der Waals surface area (Å²) in [6, 6.07) is 15.4. The zero-order chi connectivity index (χ0) is 17.9. The van der Waals surface area contributed by atoms with Crippen molar-refractivity contribution in [3.05, 3.63) is 59.7 Å². The van der Waals surface area contributed by atoms with E-state index in [1.807, 2.05) is 30.3 Å². The van der Waals surface area contributed by atoms with E-state index in [9.17, 15) is 10.3 Å². The first-order chi connectivity index (χ1) is 12.1. The Balaban J connectivity index is 2.12. The summed E-state index contributed by atoms with van der Waals surface area (Å²) in [5.74, 6) is 1.10. The molecule has 2 atom stereocenters. The molecule has 2 N–H and O–H groups in total. The summed E-state index contributed by atoms with van der Waals surface area (Å²) < 4.78 is 0. The number of fused-ring (bicyclic) bond motifs is 1. The van der Waals surface area contributed by atoms with Crippen molar-refractivity contribution in [3.63, 3.8) is 0 Å². The van der Waals surface area contributed by atoms with Crippen LogP contribution in [0.3, 0.4) is 0 Å². The van der Waals surface area contributed by atoms with Gasteiger partial charge in [0.2, 0.25) is 0 Å². The van der Waals surface area contributed by atoms with Crippen LogP contribution in [0, 0.1) is 0 Å². The van der Waals surface area contributed by atoms with Crippen molar-refractivity contribution in [1.29, 1.82) is 0 Å². The SMILES string of the molecule is CCCCC1(CC)CSc2cc(O)ccc2C(c2ccccc2)N1O. The van der Waals surface area contributed by atoms with Crippen LogP contribution < -0.4 is 0 Å². The standard InChI is InChI=1S/C21H27NO2S/c1-3-5-13-21(4-2)15-25-19-14-17(23)11-12-18(19)20(22(21)24)16-9-7-6-8-10-16/h6-12,14,20,23-24H,3-5,13,15H2,1-2H3. The topological polar surface area (TPSA) is 43.7 Å². The number of hydroxylamine groups is 2. The summed E-state index contributed by atoms with van der Waals surface area (Å²) in [6.07, 6.45) is 4.06. The van der Waals surface area contributed by atoms with Crippen molar-refractivity contribution in [2.24, 2.45) is 0 Å². The van der Waals surface area contributed by atoms with Crippen LogP contribution in [-0.4, -0.2) is 26.7 Å². The smallest absolute Gasteiger partial charge is 0.116 e. The van der Waals surface area contributed by atoms with E-state index in [0.29, 0.717) is 0 Å². The number of phenolic OH excluding ortho intramolecular Hbond substituents is 1. The fourth-order valence-electron chi connectivity index (χ4n) is 3.65. The molecule has 0 aliphatic carbocycles. The van der Waals surface area contributed by atoms with Gasteiger partial charge in [0.25, 0.3) is 0 Å². The van der Waals surface area contributed by atoms with Crippen LogP contribution in [0.4, 0.5) is 0 Å². The quantitative estimate of drug-likeness (QED) is 0.729. The summed E-state index contributed by atoms with van der Waals surface area (Å²) in [6.45, 7) is 4.35. The molecule has 2 unspecified atom stereocenters. The molecule has 3 rings (SSSR count). The average Bonchev–Trinajstić information content (AvgIpc) is 2.76. The number of aromatic hydroxyl groups is 1. The number of benzene rings is 2. The molecule has 1 aliphatic rings. The van der Waals surface area contributed by atoms with Crippen LogP contribution in [0.1, 0.15) is 56.7 Å². The van der Waals surface area contributed by atoms with Gasteiger partial charge in [-0.2, -0.15) is 5.06 Å². The predicted molar refractivity (Wildman–Crippen MR) is 103 cm³/mol. The van der Waals surface area contributed by atoms with Crippen LogP contribution in [0.2, 0.25) is 0 Å². The fraction of sp³-hybridized carbons (Fsp3) is 0.429. The first-order valence-corrected chi connectivity index (χ1v) is 10.1. The van der Waals surface area contributed by atoms with Crippen molar-refractivity contribution in [2.45, 2.75) is 56.0 Å². The molecule has 1 aliphatic heterocycles. The lowest BCUT2D eigenvalue weighted by molar-refractivity contribution is -0.193. The van der Waals surface area contributed by atoms with Gasteiger partial charge in [-0.1, -0.05) is 63.1 Å². The van der Waals surface area contributed by atoms with Gasteiger partial charge in [-0.05, 0) is 36.1 Å². The molecule has 4 heteroatoms. The highest BCUT2D eigenvalue weighted by molar-refractivity contribution is 7.99. The molecule has 0 fully saturated rings. The van der Waals surface area contributed by atoms with E-state index in [-0.39, 0.29) is 17.3 Å². The van der Waals surface area contributed by atoms with Crippen molar-refractivity contribution in [1.82, 2.24) is 5.06 Å². The van der Waals surface area contributed by atoms with Crippen LogP contribution in [0.25, 0.3) is 0 Å². The molecule has 1 heterocycles. The van der Waals surface area contributed by atoms with E-state index in [1.54, 1.807) is 22.9 Å². The molecule has 3 nitrogen and oxygen atoms in total. The number of thioether (sulfide) groups is 1. The summed E-state index contributed by atoms with van der Waals surface area (Å²) in [4.78, 5) is 1.06. The second-order valence-electron chi connectivity index (χ2n) is 6.85. The highest BCUT2D eigenvalue weighted by Crippen LogP contribution is 2.46. The number of phenols is 1. The van der Waals surface area contributed by atoms with Gasteiger partial charge in [-0.15, -0.1) is 11.8 Å². The van der Waals surface area contributed by atoms with Gasteiger partial charge >= 0.3 is 0 Å². The summed E-state index contributed by atoms with van der Waals surface area (Å²) >= 11 is 1.75. The van der Waals surface area contributed by atoms with E-state index < -0.39 is 0 Å². The monoisotopic (exact) mass is 357 g/mol. The molecule has 0 spiro atoms. The Morgan fingerprint density at radius 2 is 1.92 bits per heavy atom. The number of hydrogen-bond donors (Lipinski definition) is 2. The minimum absolute atomic E-state index is 0.219. The Morgan fingerprint density at radius 1 is 1.16 bits per heavy atom. The zero-order valence-electron chi connectivity index (χ0n) is 15.0. The van der Waals surface area contributed by atoms with Gasteiger partial charge in [0.1, 0.15) is 5.75 Å². The van der Waals surface area contributed by atoms with Gasteiger partial charge < -0.3 is 10.3 Å². The third-order valence-electron chi connectivity index (χ3n) is 5.29. The summed E-state index contributed by atoms with van der Waals surface area (Å²) in [7, 11) is 0. The molecule has 0 amide bonds. The average molecular weight is 358 g/mol. The number of hydrogen-bond acceptors (Lipinski definition) is 4. The Hall–Kier alpha value is -1.49. The second-order valence-corrected chi connectivity index (χ2v) is 7.87. The highest BCUT2D eigenvalue weighted by atomic mass is 32.2. The molecule has 0 saturated heterocycles. The van der Waals surface area contributed by atoms with Crippen molar-refractivity contribution in [2.75, 3.05) is 5.75 Å². The minimum Gasteiger partial charge on any atom is -0.508 e. The Labute approximate surface area is 154 Å². The van der Waals surface area contributed by atoms with Crippen molar-refractivity contribution < 1.29 is 10.3 Å². The number of rotatable bonds is 5. The Morgan fingerprint density at radius 3 is 2.60 bits per heavy atom. The molecule has 134 valence electrons. The third kappa shape index (κ3) is 3.57. The first-order valence-electron chi connectivity index (χ1n) is 9.10. The molecule has 2 aromatic rings. The molecule has 0 radical (unpaired) electrons. The maximum Gasteiger partial charge on any atom is 0.116 e. The van der Waals surface area contributed by atoms with Gasteiger partial charge in [-0.25, -0.2) is 0 Å². The van der Waals surface area contributed by atoms with E-state index >= 15 is 0 Å². The molecule has 0 bridgehead atoms. The molecule has 0 aromatic heterocycles. The maximum absolute atomic E-state index is 11.4. The van der Waals surface area contributed by atoms with Gasteiger partial charge in [0.05, 0.1) is 11.6 Å². The van der Waals surface area contributed by atoms with E-state index in [0.717, 1.165) is 47.5 Å². The number of nitrogens with zero attached hydrogens (tertiary/aromatic N) is 1. The van der Waals surface area contributed by atoms with Gasteiger partial charge in [0, 0.05) is 10.6 Å². The maximum atomic E-state index is 11.4. The van der Waals surface area contributed by atoms with Crippen LogP contribution in [0.5, 0.6) is 5.75 Å². The van der Waals surface area contributed by atoms with Crippen molar-refractivity contribution in [3.8, 4) is 5.75 Å². The lowest BCUT2D eigenvalue weighted by atomic mass is 9.87. The molecular formula is C21H27NO2S. The van der Waals surface area contributed by atoms with E-state index in [2.05, 4.69) is 26.0 Å². The first kappa shape index (κ1) is 18.3. The van der Waals surface area contributed by atoms with E-state index in [4.69, 9.17) is 0 Å². The summed E-state index contributed by atoms with van der Waals surface area (Å²) in [5, 5.41) is 23.0. The zero-order valence-corrected chi connectivity index (χ0v) is 15.8. The molecule has 2 aromatic carbocycles. The lowest BCUT2D eigenvalue weighted by Gasteiger charge is -2.42. The largest absolute Gasteiger partial charge is 0.508 e. The Kier molecular flexibility index (Phi) is 5.72. The predicted octanol–water partition coefficient (Wildman–Crippen LogP) is 5.62. The van der Waals surface area contributed by atoms with Crippen molar-refractivity contribution >= 4 is 11.8 Å². The van der Waals surface area contributed by atoms with E-state index in [1.165, 1.54) is 0 Å². The van der Waals surface area contributed by atoms with Crippen LogP contribution in [-0.2, 0) is 0 Å². The van der Waals surface area contributed by atoms with Gasteiger partial charge in [0.15, 0.2) is 0 Å². The Bertz CT molecular complexity index is 706. The molecule has 0 saturated carbocycles. The lowest BCUT2D eigenvalue weighted by Crippen LogP contribution is -2.49. The molecule has 25 heavy (non-hydrogen) atoms. The van der Waals surface area contributed by atoms with Gasteiger partial charge in [-0.3, -0.25) is 0 Å². The third-order valence-corrected chi connectivity index (χ3v) is 6.63. The molecular weight excluding hydrogens is 330 g/mol. The summed E-state index contributed by atoms with van der Waals surface area (Å²) in [5.41, 5.74) is 1.87. The fourth-order valence-corrected chi connectivity index (χ4v) is 5.10. The number of unbranched alkanes of at least 4 members (excludes halogenated alkanes) is 1. The van der Waals surface area contributed by atoms with Crippen LogP contribution in [0.15, 0.2) is 53.4 Å².